The molecule has 1 aromatic heterocycles. The lowest BCUT2D eigenvalue weighted by molar-refractivity contribution is -0.107. The minimum absolute atomic E-state index is 0.462. The number of carbonyl (C=O) groups is 1. The molecule has 0 bridgehead atoms. The van der Waals surface area contributed by atoms with Crippen LogP contribution in [0, 0.1) is 0 Å². The molecule has 48 valence electrons. The summed E-state index contributed by atoms with van der Waals surface area (Å²) in [6.07, 6.45) is 0.726. The van der Waals surface area contributed by atoms with E-state index >= 15 is 0 Å². The second kappa shape index (κ2) is 2.99. The molecule has 1 nitrogen and oxygen atoms in total. The van der Waals surface area contributed by atoms with E-state index in [0.29, 0.717) is 0 Å². The van der Waals surface area contributed by atoms with Crippen LogP contribution >= 0.6 is 22.9 Å². The molecule has 9 heavy (non-hydrogen) atoms. The fourth-order valence-corrected chi connectivity index (χ4v) is 1.42. The molecule has 0 radical (unpaired) electrons. The molecule has 1 unspecified atom stereocenters. The number of thiophene rings is 1. The monoisotopic (exact) mass is 160 g/mol. The fraction of sp³-hybridized carbons (Fsp3) is 0.167. The van der Waals surface area contributed by atoms with E-state index in [1.165, 1.54) is 11.3 Å². The predicted octanol–water partition coefficient (Wildman–Crippen LogP) is 2.23. The zero-order valence-electron chi connectivity index (χ0n) is 4.58. The van der Waals surface area contributed by atoms with Gasteiger partial charge in [-0.1, -0.05) is 0 Å². The van der Waals surface area contributed by atoms with Crippen LogP contribution in [0.1, 0.15) is 10.9 Å². The smallest absolute Gasteiger partial charge is 0.142 e. The van der Waals surface area contributed by atoms with Crippen LogP contribution in [-0.4, -0.2) is 6.29 Å². The number of carbonyl (C=O) groups excluding carboxylic acids is 1. The van der Waals surface area contributed by atoms with Gasteiger partial charge in [0.05, 0.1) is 0 Å². The summed E-state index contributed by atoms with van der Waals surface area (Å²) in [5.41, 5.74) is 0.886. The van der Waals surface area contributed by atoms with E-state index in [1.54, 1.807) is 0 Å². The summed E-state index contributed by atoms with van der Waals surface area (Å²) in [7, 11) is 0. The Kier molecular flexibility index (Phi) is 2.25. The maximum atomic E-state index is 10.1. The first-order chi connectivity index (χ1) is 4.34. The van der Waals surface area contributed by atoms with Gasteiger partial charge >= 0.3 is 0 Å². The Labute approximate surface area is 62.3 Å². The zero-order valence-corrected chi connectivity index (χ0v) is 6.15. The highest BCUT2D eigenvalue weighted by Gasteiger charge is 2.03. The number of halogens is 1. The van der Waals surface area contributed by atoms with Crippen molar-refractivity contribution >= 4 is 29.2 Å². The van der Waals surface area contributed by atoms with Crippen LogP contribution in [0.5, 0.6) is 0 Å². The van der Waals surface area contributed by atoms with Crippen molar-refractivity contribution in [3.63, 3.8) is 0 Å². The summed E-state index contributed by atoms with van der Waals surface area (Å²) >= 11 is 7.11. The van der Waals surface area contributed by atoms with Crippen molar-refractivity contribution < 1.29 is 4.79 Å². The standard InChI is InChI=1S/C6H5ClOS/c7-6(3-8)5-1-2-9-4-5/h1-4,6H. The molecular formula is C6H5ClOS. The van der Waals surface area contributed by atoms with Crippen molar-refractivity contribution in [1.29, 1.82) is 0 Å². The summed E-state index contributed by atoms with van der Waals surface area (Å²) < 4.78 is 0. The van der Waals surface area contributed by atoms with E-state index in [2.05, 4.69) is 0 Å². The van der Waals surface area contributed by atoms with Gasteiger partial charge in [-0.3, -0.25) is 0 Å². The van der Waals surface area contributed by atoms with Crippen molar-refractivity contribution in [3.05, 3.63) is 22.4 Å². The summed E-state index contributed by atoms with van der Waals surface area (Å²) in [6.45, 7) is 0. The third-order valence-corrected chi connectivity index (χ3v) is 2.04. The largest absolute Gasteiger partial charge is 0.301 e. The van der Waals surface area contributed by atoms with E-state index in [9.17, 15) is 4.79 Å². The molecule has 1 aromatic rings. The highest BCUT2D eigenvalue weighted by Crippen LogP contribution is 2.19. The van der Waals surface area contributed by atoms with Crippen molar-refractivity contribution in [2.45, 2.75) is 5.38 Å². The van der Waals surface area contributed by atoms with E-state index in [1.807, 2.05) is 16.8 Å². The lowest BCUT2D eigenvalue weighted by Gasteiger charge is -1.92. The summed E-state index contributed by atoms with van der Waals surface area (Å²) in [5.74, 6) is 0. The maximum Gasteiger partial charge on any atom is 0.142 e. The van der Waals surface area contributed by atoms with Crippen LogP contribution in [0.25, 0.3) is 0 Å². The molecule has 1 heterocycles. The Morgan fingerprint density at radius 1 is 1.78 bits per heavy atom. The van der Waals surface area contributed by atoms with Crippen molar-refractivity contribution in [1.82, 2.24) is 0 Å². The molecule has 0 fully saturated rings. The molecule has 0 saturated heterocycles. The van der Waals surface area contributed by atoms with Gasteiger partial charge in [0, 0.05) is 0 Å². The lowest BCUT2D eigenvalue weighted by atomic mass is 10.3. The molecule has 1 atom stereocenters. The van der Waals surface area contributed by atoms with Gasteiger partial charge < -0.3 is 4.79 Å². The minimum Gasteiger partial charge on any atom is -0.301 e. The summed E-state index contributed by atoms with van der Waals surface area (Å²) in [5, 5.41) is 3.30. The van der Waals surface area contributed by atoms with Gasteiger partial charge in [-0.05, 0) is 22.4 Å². The maximum absolute atomic E-state index is 10.1. The quantitative estimate of drug-likeness (QED) is 0.479. The third-order valence-electron chi connectivity index (χ3n) is 0.981. The van der Waals surface area contributed by atoms with Crippen LogP contribution in [0.2, 0.25) is 0 Å². The van der Waals surface area contributed by atoms with Crippen LogP contribution < -0.4 is 0 Å². The Balaban J connectivity index is 2.76. The van der Waals surface area contributed by atoms with Gasteiger partial charge in [-0.25, -0.2) is 0 Å². The molecule has 0 aliphatic heterocycles. The highest BCUT2D eigenvalue weighted by molar-refractivity contribution is 7.08. The van der Waals surface area contributed by atoms with Gasteiger partial charge in [0.2, 0.25) is 0 Å². The molecule has 0 saturated carbocycles. The Hall–Kier alpha value is -0.340. The molecule has 0 amide bonds. The van der Waals surface area contributed by atoms with Gasteiger partial charge in [0.25, 0.3) is 0 Å². The summed E-state index contributed by atoms with van der Waals surface area (Å²) in [4.78, 5) is 10.1. The normalized spacial score (nSPS) is 13.0. The first kappa shape index (κ1) is 6.78. The average Bonchev–Trinajstić information content (AvgIpc) is 2.37. The van der Waals surface area contributed by atoms with E-state index in [0.717, 1.165) is 11.8 Å². The number of alkyl halides is 1. The molecular weight excluding hydrogens is 156 g/mol. The second-order valence-electron chi connectivity index (χ2n) is 1.59. The van der Waals surface area contributed by atoms with Crippen molar-refractivity contribution in [2.24, 2.45) is 0 Å². The van der Waals surface area contributed by atoms with Crippen LogP contribution in [0.4, 0.5) is 0 Å². The Morgan fingerprint density at radius 2 is 2.56 bits per heavy atom. The third kappa shape index (κ3) is 1.53. The molecule has 0 aliphatic rings. The lowest BCUT2D eigenvalue weighted by Crippen LogP contribution is -1.85. The molecule has 3 heteroatoms. The highest BCUT2D eigenvalue weighted by atomic mass is 35.5. The van der Waals surface area contributed by atoms with Crippen LogP contribution in [-0.2, 0) is 4.79 Å². The number of rotatable bonds is 2. The first-order valence-corrected chi connectivity index (χ1v) is 3.84. The predicted molar refractivity (Wildman–Crippen MR) is 39.0 cm³/mol. The molecule has 0 spiro atoms. The molecule has 0 aromatic carbocycles. The average molecular weight is 161 g/mol. The van der Waals surface area contributed by atoms with Crippen LogP contribution in [0.3, 0.4) is 0 Å². The number of hydrogen-bond acceptors (Lipinski definition) is 2. The zero-order chi connectivity index (χ0) is 6.69. The van der Waals surface area contributed by atoms with Crippen LogP contribution in [0.15, 0.2) is 16.8 Å². The van der Waals surface area contributed by atoms with Gasteiger partial charge in [0.1, 0.15) is 11.7 Å². The summed E-state index contributed by atoms with van der Waals surface area (Å²) in [6, 6.07) is 1.84. The Bertz CT molecular complexity index is 183. The second-order valence-corrected chi connectivity index (χ2v) is 2.84. The fourth-order valence-electron chi connectivity index (χ4n) is 0.510. The topological polar surface area (TPSA) is 17.1 Å². The minimum atomic E-state index is -0.462. The Morgan fingerprint density at radius 3 is 3.00 bits per heavy atom. The van der Waals surface area contributed by atoms with E-state index in [4.69, 9.17) is 11.6 Å². The molecule has 0 N–H and O–H groups in total. The van der Waals surface area contributed by atoms with E-state index < -0.39 is 5.38 Å². The SMILES string of the molecule is O=CC(Cl)c1ccsc1. The van der Waals surface area contributed by atoms with Gasteiger partial charge in [-0.15, -0.1) is 11.6 Å². The van der Waals surface area contributed by atoms with Gasteiger partial charge in [0.15, 0.2) is 0 Å². The van der Waals surface area contributed by atoms with Gasteiger partial charge in [-0.2, -0.15) is 11.3 Å². The van der Waals surface area contributed by atoms with Crippen molar-refractivity contribution in [3.8, 4) is 0 Å². The van der Waals surface area contributed by atoms with Crippen molar-refractivity contribution in [2.75, 3.05) is 0 Å². The first-order valence-electron chi connectivity index (χ1n) is 2.46. The molecule has 0 aliphatic carbocycles. The number of aldehydes is 1. The van der Waals surface area contributed by atoms with E-state index in [-0.39, 0.29) is 0 Å². The molecule has 1 rings (SSSR count). The number of hydrogen-bond donors (Lipinski definition) is 0.